The minimum atomic E-state index is 0.0995. The van der Waals surface area contributed by atoms with Gasteiger partial charge in [0.05, 0.1) is 17.3 Å². The zero-order valence-corrected chi connectivity index (χ0v) is 22.7. The first-order valence-electron chi connectivity index (χ1n) is 12.9. The number of aromatic nitrogens is 5. The molecule has 38 heavy (non-hydrogen) atoms. The predicted molar refractivity (Wildman–Crippen MR) is 149 cm³/mol. The van der Waals surface area contributed by atoms with Gasteiger partial charge in [-0.1, -0.05) is 47.6 Å². The number of ether oxygens (including phenoxy) is 1. The summed E-state index contributed by atoms with van der Waals surface area (Å²) in [6.45, 7) is 3.38. The van der Waals surface area contributed by atoms with Crippen LogP contribution in [0.3, 0.4) is 0 Å². The number of methoxy groups -OCH3 is 1. The minimum absolute atomic E-state index is 0.0995. The van der Waals surface area contributed by atoms with Crippen LogP contribution in [0, 0.1) is 5.41 Å². The number of piperidine rings is 1. The number of pyridine rings is 1. The summed E-state index contributed by atoms with van der Waals surface area (Å²) >= 11 is 8.20. The fourth-order valence-electron chi connectivity index (χ4n) is 6.02. The Morgan fingerprint density at radius 1 is 1.11 bits per heavy atom. The largest absolute Gasteiger partial charge is 0.378 e. The fraction of sp³-hybridized carbons (Fsp3) is 0.407. The second-order valence-electron chi connectivity index (χ2n) is 10.5. The first-order chi connectivity index (χ1) is 18.5. The number of H-pyrrole nitrogens is 1. The first kappa shape index (κ1) is 24.1. The molecule has 3 aromatic heterocycles. The molecule has 0 bridgehead atoms. The lowest BCUT2D eigenvalue weighted by Crippen LogP contribution is -2.52. The molecule has 0 radical (unpaired) electrons. The predicted octanol–water partition coefficient (Wildman–Crippen LogP) is 4.23. The molecular weight excluding hydrogens is 520 g/mol. The number of imidazole rings is 1. The summed E-state index contributed by atoms with van der Waals surface area (Å²) in [5, 5.41) is 1.37. The molecule has 1 aliphatic carbocycles. The fourth-order valence-corrected chi connectivity index (χ4v) is 7.15. The van der Waals surface area contributed by atoms with Crippen LogP contribution in [0.5, 0.6) is 0 Å². The van der Waals surface area contributed by atoms with Gasteiger partial charge in [0.2, 0.25) is 5.95 Å². The maximum Gasteiger partial charge on any atom is 0.206 e. The van der Waals surface area contributed by atoms with Crippen molar-refractivity contribution in [2.24, 2.45) is 11.1 Å². The average Bonchev–Trinajstić information content (AvgIpc) is 3.45. The lowest BCUT2D eigenvalue weighted by atomic mass is 9.73. The Morgan fingerprint density at radius 3 is 2.71 bits per heavy atom. The minimum Gasteiger partial charge on any atom is -0.378 e. The van der Waals surface area contributed by atoms with Gasteiger partial charge in [0, 0.05) is 50.4 Å². The second kappa shape index (κ2) is 9.37. The van der Waals surface area contributed by atoms with E-state index in [0.717, 1.165) is 67.1 Å². The van der Waals surface area contributed by atoms with Gasteiger partial charge < -0.3 is 25.3 Å². The van der Waals surface area contributed by atoms with Gasteiger partial charge in [0.25, 0.3) is 0 Å². The molecule has 11 heteroatoms. The summed E-state index contributed by atoms with van der Waals surface area (Å²) < 4.78 is 5.38. The standard InChI is InChI=1S/C27H29ClN8OS/c1-37-17-14-36(15-17)25-21(28)19(6-9-30-25)38-20-13-31-23-24(32-20)34-26(33-23)35-10-7-27(8-11-35)12-16-4-2-3-5-18(16)22(27)29/h2-6,9,13,17,22H,7-8,10-12,14-15,29H2,1H3,(H,31,32,33,34)/t22-/m1/s1. The number of fused-ring (bicyclic) bond motifs is 2. The lowest BCUT2D eigenvalue weighted by Gasteiger charge is -2.42. The molecular formula is C27H29ClN8OS. The Hall–Kier alpha value is -2.92. The van der Waals surface area contributed by atoms with Gasteiger partial charge in [-0.25, -0.2) is 15.0 Å². The van der Waals surface area contributed by atoms with Crippen LogP contribution in [0.1, 0.15) is 30.0 Å². The number of halogens is 1. The highest BCUT2D eigenvalue weighted by Crippen LogP contribution is 2.51. The van der Waals surface area contributed by atoms with Crippen molar-refractivity contribution < 1.29 is 4.74 Å². The van der Waals surface area contributed by atoms with Crippen LogP contribution in [0.25, 0.3) is 11.3 Å². The highest BCUT2D eigenvalue weighted by molar-refractivity contribution is 7.99. The Morgan fingerprint density at radius 2 is 1.92 bits per heavy atom. The zero-order valence-electron chi connectivity index (χ0n) is 21.1. The summed E-state index contributed by atoms with van der Waals surface area (Å²) in [6.07, 6.45) is 6.88. The molecule has 196 valence electrons. The smallest absolute Gasteiger partial charge is 0.206 e. The maximum absolute atomic E-state index is 6.76. The van der Waals surface area contributed by atoms with Gasteiger partial charge in [-0.05, 0) is 41.9 Å². The van der Waals surface area contributed by atoms with Crippen LogP contribution in [0.2, 0.25) is 5.02 Å². The molecule has 3 N–H and O–H groups in total. The van der Waals surface area contributed by atoms with Crippen LogP contribution in [-0.4, -0.2) is 64.3 Å². The Bertz CT molecular complexity index is 1500. The summed E-state index contributed by atoms with van der Waals surface area (Å²) in [7, 11) is 1.73. The van der Waals surface area contributed by atoms with Crippen molar-refractivity contribution in [2.45, 2.75) is 41.3 Å². The van der Waals surface area contributed by atoms with E-state index in [4.69, 9.17) is 32.0 Å². The normalized spacial score (nSPS) is 20.8. The van der Waals surface area contributed by atoms with E-state index >= 15 is 0 Å². The van der Waals surface area contributed by atoms with Crippen molar-refractivity contribution in [3.8, 4) is 0 Å². The van der Waals surface area contributed by atoms with Crippen molar-refractivity contribution in [3.63, 3.8) is 0 Å². The number of hydrogen-bond acceptors (Lipinski definition) is 9. The van der Waals surface area contributed by atoms with Crippen LogP contribution in [0.4, 0.5) is 11.8 Å². The van der Waals surface area contributed by atoms with E-state index in [1.165, 1.54) is 22.9 Å². The number of anilines is 2. The molecule has 0 unspecified atom stereocenters. The van der Waals surface area contributed by atoms with Gasteiger partial charge in [0.1, 0.15) is 10.8 Å². The average molecular weight is 549 g/mol. The van der Waals surface area contributed by atoms with Crippen molar-refractivity contribution in [2.75, 3.05) is 43.1 Å². The molecule has 0 saturated carbocycles. The Kier molecular flexibility index (Phi) is 5.95. The second-order valence-corrected chi connectivity index (χ2v) is 11.9. The van der Waals surface area contributed by atoms with E-state index < -0.39 is 0 Å². The number of nitrogens with one attached hydrogen (secondary N) is 1. The van der Waals surface area contributed by atoms with Gasteiger partial charge in [-0.15, -0.1) is 0 Å². The Balaban J connectivity index is 1.06. The van der Waals surface area contributed by atoms with Gasteiger partial charge in [-0.3, -0.25) is 0 Å². The molecule has 1 aromatic carbocycles. The molecule has 9 nitrogen and oxygen atoms in total. The third-order valence-electron chi connectivity index (χ3n) is 8.36. The molecule has 7 rings (SSSR count). The Labute approximate surface area is 230 Å². The van der Waals surface area contributed by atoms with Crippen molar-refractivity contribution >= 4 is 46.4 Å². The molecule has 2 fully saturated rings. The number of hydrogen-bond donors (Lipinski definition) is 2. The van der Waals surface area contributed by atoms with Crippen LogP contribution in [0.15, 0.2) is 52.6 Å². The third-order valence-corrected chi connectivity index (χ3v) is 9.81. The number of nitrogens with zero attached hydrogens (tertiary/aromatic N) is 6. The van der Waals surface area contributed by atoms with Crippen molar-refractivity contribution in [3.05, 3.63) is 58.9 Å². The quantitative estimate of drug-likeness (QED) is 0.378. The molecule has 1 spiro atoms. The van der Waals surface area contributed by atoms with Gasteiger partial charge >= 0.3 is 0 Å². The highest BCUT2D eigenvalue weighted by atomic mass is 35.5. The van der Waals surface area contributed by atoms with E-state index in [0.29, 0.717) is 16.3 Å². The zero-order chi connectivity index (χ0) is 25.9. The molecule has 0 amide bonds. The molecule has 2 saturated heterocycles. The molecule has 2 aliphatic heterocycles. The number of rotatable bonds is 5. The highest BCUT2D eigenvalue weighted by Gasteiger charge is 2.46. The number of aromatic amines is 1. The molecule has 3 aliphatic rings. The monoisotopic (exact) mass is 548 g/mol. The van der Waals surface area contributed by atoms with Crippen molar-refractivity contribution in [1.29, 1.82) is 0 Å². The SMILES string of the molecule is COC1CN(c2nccc(Sc3cnc4nc(N5CCC6(CC5)Cc5ccccc5[C@H]6N)[nH]c4n3)c2Cl)C1. The van der Waals surface area contributed by atoms with E-state index in [-0.39, 0.29) is 17.6 Å². The maximum atomic E-state index is 6.76. The molecule has 4 aromatic rings. The number of nitrogens with two attached hydrogens (primary N) is 1. The number of benzene rings is 1. The third kappa shape index (κ3) is 4.02. The van der Waals surface area contributed by atoms with Crippen LogP contribution < -0.4 is 15.5 Å². The topological polar surface area (TPSA) is 109 Å². The van der Waals surface area contributed by atoms with E-state index in [1.807, 2.05) is 6.07 Å². The molecule has 5 heterocycles. The summed E-state index contributed by atoms with van der Waals surface area (Å²) in [6, 6.07) is 10.6. The van der Waals surface area contributed by atoms with E-state index in [1.54, 1.807) is 19.5 Å². The van der Waals surface area contributed by atoms with Crippen LogP contribution >= 0.6 is 23.4 Å². The van der Waals surface area contributed by atoms with Crippen molar-refractivity contribution in [1.82, 2.24) is 24.9 Å². The van der Waals surface area contributed by atoms with Crippen LogP contribution in [-0.2, 0) is 11.2 Å². The summed E-state index contributed by atoms with van der Waals surface area (Å²) in [4.78, 5) is 27.3. The van der Waals surface area contributed by atoms with Gasteiger partial charge in [0.15, 0.2) is 11.3 Å². The van der Waals surface area contributed by atoms with E-state index in [9.17, 15) is 0 Å². The lowest BCUT2D eigenvalue weighted by molar-refractivity contribution is 0.0783. The van der Waals surface area contributed by atoms with E-state index in [2.05, 4.69) is 49.0 Å². The van der Waals surface area contributed by atoms with Gasteiger partial charge in [-0.2, -0.15) is 4.98 Å². The summed E-state index contributed by atoms with van der Waals surface area (Å²) in [5.41, 5.74) is 10.9. The molecule has 1 atom stereocenters. The summed E-state index contributed by atoms with van der Waals surface area (Å²) in [5.74, 6) is 1.59. The first-order valence-corrected chi connectivity index (χ1v) is 14.1.